The van der Waals surface area contributed by atoms with Crippen molar-refractivity contribution < 1.29 is 46.1 Å². The van der Waals surface area contributed by atoms with Crippen LogP contribution in [0.25, 0.3) is 5.73 Å². The Morgan fingerprint density at radius 2 is 2.20 bits per heavy atom. The Bertz CT molecular complexity index is 212. The molecule has 0 atom stereocenters. The molecule has 1 aromatic heterocycles. The summed E-state index contributed by atoms with van der Waals surface area (Å²) in [4.78, 5) is 13.9. The average Bonchev–Trinajstić information content (AvgIpc) is 1.90. The molecule has 0 spiro atoms. The normalized spacial score (nSPS) is 8.00. The summed E-state index contributed by atoms with van der Waals surface area (Å²) in [7, 11) is 0. The summed E-state index contributed by atoms with van der Waals surface area (Å²) in [5.41, 5.74) is 6.81. The Morgan fingerprint density at radius 3 is 2.50 bits per heavy atom. The number of hydrogen-bond donors (Lipinski definition) is 0. The van der Waals surface area contributed by atoms with Crippen molar-refractivity contribution in [3.05, 3.63) is 35.8 Å². The van der Waals surface area contributed by atoms with E-state index in [0.717, 1.165) is 0 Å². The van der Waals surface area contributed by atoms with Crippen LogP contribution in [-0.2, 0) is 0 Å². The number of aromatic nitrogens is 1. The summed E-state index contributed by atoms with van der Waals surface area (Å²) in [6.07, 6.45) is 1.49. The molecule has 0 saturated heterocycles. The first-order valence-electron chi connectivity index (χ1n) is 2.47. The zero-order valence-electron chi connectivity index (χ0n) is 5.24. The van der Waals surface area contributed by atoms with Crippen molar-refractivity contribution in [2.45, 2.75) is 0 Å². The molecule has 46 valence electrons. The molecular formula is C6H5N2OPr+2. The summed E-state index contributed by atoms with van der Waals surface area (Å²) in [5.74, 6) is -0.740. The van der Waals surface area contributed by atoms with Crippen LogP contribution in [-0.4, -0.2) is 10.9 Å². The van der Waals surface area contributed by atoms with Gasteiger partial charge in [0.25, 0.3) is 0 Å². The van der Waals surface area contributed by atoms with Gasteiger partial charge in [-0.3, -0.25) is 4.98 Å². The molecule has 1 aromatic rings. The molecular weight excluding hydrogens is 257 g/mol. The number of hydrogen-bond acceptors (Lipinski definition) is 2. The van der Waals surface area contributed by atoms with E-state index in [1.54, 1.807) is 12.1 Å². The molecule has 0 aliphatic heterocycles. The summed E-state index contributed by atoms with van der Waals surface area (Å²) < 4.78 is 0. The minimum absolute atomic E-state index is 0. The largest absolute Gasteiger partial charge is 3.00 e. The first-order chi connectivity index (χ1) is 4.30. The average molecular weight is 262 g/mol. The van der Waals surface area contributed by atoms with Crippen LogP contribution in [0.2, 0.25) is 0 Å². The molecule has 1 heterocycles. The third-order valence-corrected chi connectivity index (χ3v) is 0.898. The zero-order chi connectivity index (χ0) is 6.69. The molecule has 1 N–H and O–H groups in total. The van der Waals surface area contributed by atoms with Crippen LogP contribution in [0.15, 0.2) is 24.4 Å². The molecule has 0 bridgehead atoms. The predicted octanol–water partition coefficient (Wildman–Crippen LogP) is 1.27. The molecule has 0 radical (unpaired) electrons. The van der Waals surface area contributed by atoms with Gasteiger partial charge in [-0.15, -0.1) is 0 Å². The van der Waals surface area contributed by atoms with Crippen molar-refractivity contribution in [2.24, 2.45) is 0 Å². The Hall–Kier alpha value is -0.0164. The van der Waals surface area contributed by atoms with E-state index in [9.17, 15) is 4.79 Å². The van der Waals surface area contributed by atoms with Gasteiger partial charge in [0.15, 0.2) is 0 Å². The first kappa shape index (κ1) is 9.98. The Morgan fingerprint density at radius 1 is 1.50 bits per heavy atom. The predicted molar refractivity (Wildman–Crippen MR) is 32.9 cm³/mol. The van der Waals surface area contributed by atoms with Crippen LogP contribution in [0.3, 0.4) is 0 Å². The maximum absolute atomic E-state index is 10.2. The maximum atomic E-state index is 10.2. The van der Waals surface area contributed by atoms with E-state index < -0.39 is 5.91 Å². The van der Waals surface area contributed by atoms with Crippen LogP contribution in [0, 0.1) is 41.3 Å². The molecule has 10 heavy (non-hydrogen) atoms. The number of nitrogens with one attached hydrogen (secondary N) is 1. The van der Waals surface area contributed by atoms with Gasteiger partial charge in [-0.25, -0.2) is 0 Å². The van der Waals surface area contributed by atoms with E-state index in [2.05, 4.69) is 4.98 Å². The first-order valence-corrected chi connectivity index (χ1v) is 2.47. The number of amides is 1. The molecule has 0 aliphatic rings. The van der Waals surface area contributed by atoms with Gasteiger partial charge < -0.3 is 10.5 Å². The standard InChI is InChI=1S/C6H6N2O.Pr/c7-6(9)5-3-1-2-4-8-5;/h1-4H,(H2,7,9);/q;+3/p-1. The van der Waals surface area contributed by atoms with Crippen molar-refractivity contribution in [3.63, 3.8) is 0 Å². The summed E-state index contributed by atoms with van der Waals surface area (Å²) in [5, 5.41) is 0. The smallest absolute Gasteiger partial charge is 0.662 e. The van der Waals surface area contributed by atoms with Gasteiger partial charge in [0.2, 0.25) is 0 Å². The molecule has 0 unspecified atom stereocenters. The molecule has 4 heteroatoms. The number of nitrogens with zero attached hydrogens (tertiary/aromatic N) is 1. The minimum Gasteiger partial charge on any atom is -0.662 e. The van der Waals surface area contributed by atoms with Crippen LogP contribution >= 0.6 is 0 Å². The maximum Gasteiger partial charge on any atom is 3.00 e. The Labute approximate surface area is 92.0 Å². The summed E-state index contributed by atoms with van der Waals surface area (Å²) in [6, 6.07) is 4.89. The molecule has 0 fully saturated rings. The van der Waals surface area contributed by atoms with Gasteiger partial charge in [-0.2, -0.15) is 0 Å². The second-order valence-corrected chi connectivity index (χ2v) is 1.54. The minimum atomic E-state index is -0.740. The van der Waals surface area contributed by atoms with E-state index >= 15 is 0 Å². The second-order valence-electron chi connectivity index (χ2n) is 1.54. The molecule has 1 rings (SSSR count). The van der Waals surface area contributed by atoms with E-state index in [1.165, 1.54) is 12.3 Å². The van der Waals surface area contributed by atoms with Crippen LogP contribution in [0.4, 0.5) is 0 Å². The van der Waals surface area contributed by atoms with Crippen LogP contribution in [0.5, 0.6) is 0 Å². The van der Waals surface area contributed by atoms with Gasteiger partial charge >= 0.3 is 41.3 Å². The van der Waals surface area contributed by atoms with Crippen molar-refractivity contribution in [1.82, 2.24) is 4.98 Å². The van der Waals surface area contributed by atoms with Gasteiger partial charge in [0.1, 0.15) is 0 Å². The Kier molecular flexibility index (Phi) is 4.74. The van der Waals surface area contributed by atoms with Gasteiger partial charge in [-0.05, 0) is 12.1 Å². The van der Waals surface area contributed by atoms with Crippen LogP contribution < -0.4 is 0 Å². The number of carbonyl (C=O) groups excluding carboxylic acids is 1. The van der Waals surface area contributed by atoms with Crippen molar-refractivity contribution in [1.29, 1.82) is 0 Å². The molecule has 0 aromatic carbocycles. The van der Waals surface area contributed by atoms with E-state index in [-0.39, 0.29) is 47.0 Å². The quantitative estimate of drug-likeness (QED) is 0.765. The molecule has 0 aliphatic carbocycles. The number of carbonyl (C=O) groups is 1. The Balaban J connectivity index is 0.000000810. The fraction of sp³-hybridized carbons (Fsp3) is 0. The van der Waals surface area contributed by atoms with Gasteiger partial charge in [0, 0.05) is 6.20 Å². The third-order valence-electron chi connectivity index (χ3n) is 0.898. The zero-order valence-corrected chi connectivity index (χ0v) is 8.95. The van der Waals surface area contributed by atoms with E-state index in [4.69, 9.17) is 5.73 Å². The monoisotopic (exact) mass is 262 g/mol. The van der Waals surface area contributed by atoms with E-state index in [0.29, 0.717) is 0 Å². The summed E-state index contributed by atoms with van der Waals surface area (Å²) >= 11 is 0. The van der Waals surface area contributed by atoms with Gasteiger partial charge in [0.05, 0.1) is 11.6 Å². The molecule has 3 nitrogen and oxygen atoms in total. The topological polar surface area (TPSA) is 53.8 Å². The summed E-state index contributed by atoms with van der Waals surface area (Å²) in [6.45, 7) is 0. The fourth-order valence-corrected chi connectivity index (χ4v) is 0.497. The molecule has 1 amide bonds. The molecule has 0 saturated carbocycles. The number of rotatable bonds is 1. The van der Waals surface area contributed by atoms with Crippen molar-refractivity contribution >= 4 is 5.91 Å². The SMILES string of the molecule is [NH-]C(=O)c1ccccn1.[Pr+3]. The van der Waals surface area contributed by atoms with Gasteiger partial charge in [-0.1, -0.05) is 6.07 Å². The van der Waals surface area contributed by atoms with Crippen molar-refractivity contribution in [3.8, 4) is 0 Å². The van der Waals surface area contributed by atoms with Crippen LogP contribution in [0.1, 0.15) is 10.5 Å². The van der Waals surface area contributed by atoms with E-state index in [1.807, 2.05) is 0 Å². The fourth-order valence-electron chi connectivity index (χ4n) is 0.497. The second kappa shape index (κ2) is 4.75. The number of pyridine rings is 1. The van der Waals surface area contributed by atoms with Crippen molar-refractivity contribution in [2.75, 3.05) is 0 Å². The third kappa shape index (κ3) is 2.71.